The topological polar surface area (TPSA) is 68.9 Å². The number of terminal acetylenes is 1. The van der Waals surface area contributed by atoms with Gasteiger partial charge in [0.2, 0.25) is 0 Å². The summed E-state index contributed by atoms with van der Waals surface area (Å²) >= 11 is 0. The van der Waals surface area contributed by atoms with Crippen molar-refractivity contribution in [2.24, 2.45) is 16.6 Å². The number of benzene rings is 1. The van der Waals surface area contributed by atoms with Crippen molar-refractivity contribution in [3.05, 3.63) is 18.2 Å². The minimum Gasteiger partial charge on any atom is -0.493 e. The van der Waals surface area contributed by atoms with E-state index in [-0.39, 0.29) is 17.9 Å². The second-order valence-electron chi connectivity index (χ2n) is 4.56. The highest BCUT2D eigenvalue weighted by Gasteiger charge is 2.09. The van der Waals surface area contributed by atoms with Crippen LogP contribution < -0.4 is 20.5 Å². The van der Waals surface area contributed by atoms with Gasteiger partial charge in [0.1, 0.15) is 6.04 Å². The normalized spacial score (nSPS) is 12.7. The summed E-state index contributed by atoms with van der Waals surface area (Å²) in [5.41, 5.74) is 6.61. The Hall–Kier alpha value is -2.35. The van der Waals surface area contributed by atoms with Crippen molar-refractivity contribution in [3.63, 3.8) is 0 Å². The number of nitrogens with two attached hydrogens (primary N) is 1. The molecule has 1 atom stereocenters. The molecule has 0 amide bonds. The maximum atomic E-state index is 5.85. The second-order valence-corrected chi connectivity index (χ2v) is 4.56. The lowest BCUT2D eigenvalue weighted by molar-refractivity contribution is 0.355. The molecule has 0 aliphatic heterocycles. The quantitative estimate of drug-likeness (QED) is 0.490. The van der Waals surface area contributed by atoms with Gasteiger partial charge in [-0.2, -0.15) is 0 Å². The molecule has 1 aromatic carbocycles. The summed E-state index contributed by atoms with van der Waals surface area (Å²) in [7, 11) is 3.16. The Kier molecular flexibility index (Phi) is 5.73. The van der Waals surface area contributed by atoms with E-state index >= 15 is 0 Å². The molecule has 5 nitrogen and oxygen atoms in total. The Labute approximate surface area is 120 Å². The maximum Gasteiger partial charge on any atom is 0.194 e. The number of hydrogen-bond donors (Lipinski definition) is 2. The summed E-state index contributed by atoms with van der Waals surface area (Å²) in [6.45, 7) is 4.00. The van der Waals surface area contributed by atoms with Crippen molar-refractivity contribution < 1.29 is 9.47 Å². The molecule has 20 heavy (non-hydrogen) atoms. The van der Waals surface area contributed by atoms with Gasteiger partial charge in [0, 0.05) is 11.8 Å². The van der Waals surface area contributed by atoms with E-state index in [0.29, 0.717) is 11.5 Å². The summed E-state index contributed by atoms with van der Waals surface area (Å²) in [6, 6.07) is 5.14. The van der Waals surface area contributed by atoms with Crippen LogP contribution in [0.3, 0.4) is 0 Å². The van der Waals surface area contributed by atoms with Crippen LogP contribution in [0.15, 0.2) is 23.2 Å². The molecule has 0 aliphatic rings. The summed E-state index contributed by atoms with van der Waals surface area (Å²) in [5, 5.41) is 2.98. The van der Waals surface area contributed by atoms with Gasteiger partial charge in [-0.1, -0.05) is 19.8 Å². The van der Waals surface area contributed by atoms with Gasteiger partial charge < -0.3 is 20.5 Å². The molecule has 5 heteroatoms. The second kappa shape index (κ2) is 7.29. The fourth-order valence-corrected chi connectivity index (χ4v) is 1.62. The average molecular weight is 275 g/mol. The van der Waals surface area contributed by atoms with Crippen LogP contribution in [-0.4, -0.2) is 26.2 Å². The van der Waals surface area contributed by atoms with E-state index in [4.69, 9.17) is 21.6 Å². The number of aliphatic imine (C=N–C) groups is 1. The average Bonchev–Trinajstić information content (AvgIpc) is 2.44. The van der Waals surface area contributed by atoms with Gasteiger partial charge >= 0.3 is 0 Å². The molecule has 108 valence electrons. The van der Waals surface area contributed by atoms with Crippen molar-refractivity contribution in [3.8, 4) is 23.8 Å². The molecule has 0 aromatic heterocycles. The zero-order valence-electron chi connectivity index (χ0n) is 12.3. The van der Waals surface area contributed by atoms with E-state index in [2.05, 4.69) is 16.2 Å². The minimum atomic E-state index is -0.248. The van der Waals surface area contributed by atoms with Crippen LogP contribution in [0.2, 0.25) is 0 Å². The van der Waals surface area contributed by atoms with Crippen LogP contribution >= 0.6 is 0 Å². The summed E-state index contributed by atoms with van der Waals surface area (Å²) in [6.07, 6.45) is 5.42. The number of nitrogens with one attached hydrogen (secondary N) is 1. The fourth-order valence-electron chi connectivity index (χ4n) is 1.62. The van der Waals surface area contributed by atoms with Crippen LogP contribution in [0, 0.1) is 18.3 Å². The molecule has 0 spiro atoms. The first-order chi connectivity index (χ1) is 9.51. The van der Waals surface area contributed by atoms with E-state index in [0.717, 1.165) is 5.69 Å². The molecule has 0 saturated heterocycles. The smallest absolute Gasteiger partial charge is 0.194 e. The molecular formula is C15H21N3O2. The Balaban J connectivity index is 2.88. The van der Waals surface area contributed by atoms with Gasteiger partial charge in [0.05, 0.1) is 14.2 Å². The lowest BCUT2D eigenvalue weighted by Gasteiger charge is -2.13. The van der Waals surface area contributed by atoms with E-state index < -0.39 is 0 Å². The van der Waals surface area contributed by atoms with Gasteiger partial charge in [-0.25, -0.2) is 4.99 Å². The SMILES string of the molecule is C#CC(N=C(N)Nc1ccc(OC)c(OC)c1)C(C)C. The molecule has 0 radical (unpaired) electrons. The first-order valence-electron chi connectivity index (χ1n) is 6.30. The zero-order chi connectivity index (χ0) is 15.1. The van der Waals surface area contributed by atoms with E-state index in [9.17, 15) is 0 Å². The molecule has 3 N–H and O–H groups in total. The largest absolute Gasteiger partial charge is 0.493 e. The molecule has 0 bridgehead atoms. The first-order valence-corrected chi connectivity index (χ1v) is 6.30. The van der Waals surface area contributed by atoms with E-state index in [1.54, 1.807) is 26.4 Å². The van der Waals surface area contributed by atoms with E-state index in [1.807, 2.05) is 19.9 Å². The monoisotopic (exact) mass is 275 g/mol. The Morgan fingerprint density at radius 3 is 2.45 bits per heavy atom. The number of methoxy groups -OCH3 is 2. The van der Waals surface area contributed by atoms with Crippen LogP contribution in [0.25, 0.3) is 0 Å². The predicted molar refractivity (Wildman–Crippen MR) is 82.3 cm³/mol. The Bertz CT molecular complexity index is 518. The molecule has 0 heterocycles. The Morgan fingerprint density at radius 1 is 1.30 bits per heavy atom. The molecule has 1 rings (SSSR count). The van der Waals surface area contributed by atoms with Gasteiger partial charge in [0.15, 0.2) is 17.5 Å². The number of guanidine groups is 1. The van der Waals surface area contributed by atoms with Gasteiger partial charge in [-0.15, -0.1) is 6.42 Å². The zero-order valence-corrected chi connectivity index (χ0v) is 12.3. The third-order valence-electron chi connectivity index (χ3n) is 2.74. The molecule has 1 aromatic rings. The maximum absolute atomic E-state index is 5.85. The standard InChI is InChI=1S/C15H21N3O2/c1-6-12(10(2)3)18-15(16)17-11-7-8-13(19-4)14(9-11)20-5/h1,7-10,12H,2-5H3,(H3,16,17,18). The van der Waals surface area contributed by atoms with Crippen LogP contribution in [-0.2, 0) is 0 Å². The van der Waals surface area contributed by atoms with Crippen molar-refractivity contribution in [1.29, 1.82) is 0 Å². The number of rotatable bonds is 5. The highest BCUT2D eigenvalue weighted by Crippen LogP contribution is 2.29. The van der Waals surface area contributed by atoms with E-state index in [1.165, 1.54) is 0 Å². The summed E-state index contributed by atoms with van der Waals surface area (Å²) < 4.78 is 10.4. The molecule has 0 fully saturated rings. The lowest BCUT2D eigenvalue weighted by Crippen LogP contribution is -2.26. The van der Waals surface area contributed by atoms with Crippen LogP contribution in [0.1, 0.15) is 13.8 Å². The van der Waals surface area contributed by atoms with Crippen molar-refractivity contribution in [1.82, 2.24) is 0 Å². The highest BCUT2D eigenvalue weighted by atomic mass is 16.5. The molecule has 0 saturated carbocycles. The Morgan fingerprint density at radius 2 is 1.95 bits per heavy atom. The molecule has 0 aliphatic carbocycles. The van der Waals surface area contributed by atoms with Crippen molar-refractivity contribution >= 4 is 11.6 Å². The van der Waals surface area contributed by atoms with Crippen molar-refractivity contribution in [2.45, 2.75) is 19.9 Å². The van der Waals surface area contributed by atoms with Crippen molar-refractivity contribution in [2.75, 3.05) is 19.5 Å². The number of ether oxygens (including phenoxy) is 2. The lowest BCUT2D eigenvalue weighted by atomic mass is 10.1. The third-order valence-corrected chi connectivity index (χ3v) is 2.74. The number of anilines is 1. The minimum absolute atomic E-state index is 0.228. The fraction of sp³-hybridized carbons (Fsp3) is 0.400. The van der Waals surface area contributed by atoms with Gasteiger partial charge in [0.25, 0.3) is 0 Å². The molecular weight excluding hydrogens is 254 g/mol. The van der Waals surface area contributed by atoms with Crippen LogP contribution in [0.5, 0.6) is 11.5 Å². The third kappa shape index (κ3) is 4.09. The number of nitrogens with zero attached hydrogens (tertiary/aromatic N) is 1. The predicted octanol–water partition coefficient (Wildman–Crippen LogP) is 2.09. The molecule has 1 unspecified atom stereocenters. The van der Waals surface area contributed by atoms with Gasteiger partial charge in [-0.05, 0) is 18.1 Å². The van der Waals surface area contributed by atoms with Crippen LogP contribution in [0.4, 0.5) is 5.69 Å². The van der Waals surface area contributed by atoms with Gasteiger partial charge in [-0.3, -0.25) is 0 Å². The highest BCUT2D eigenvalue weighted by molar-refractivity contribution is 5.92. The first kappa shape index (κ1) is 15.7. The summed E-state index contributed by atoms with van der Waals surface area (Å²) in [4.78, 5) is 4.26. The number of hydrogen-bond acceptors (Lipinski definition) is 3. The summed E-state index contributed by atoms with van der Waals surface area (Å²) in [5.74, 6) is 4.37.